The maximum absolute atomic E-state index is 13.8. The van der Waals surface area contributed by atoms with Crippen LogP contribution in [0.1, 0.15) is 21.5 Å². The third-order valence-corrected chi connectivity index (χ3v) is 8.12. The van der Waals surface area contributed by atoms with E-state index >= 15 is 0 Å². The van der Waals surface area contributed by atoms with Crippen molar-refractivity contribution in [1.29, 1.82) is 0 Å². The van der Waals surface area contributed by atoms with E-state index < -0.39 is 11.6 Å². The minimum Gasteiger partial charge on any atom is -0.379 e. The average Bonchev–Trinajstić information content (AvgIpc) is 2.97. The van der Waals surface area contributed by atoms with Crippen LogP contribution in [0.3, 0.4) is 0 Å². The summed E-state index contributed by atoms with van der Waals surface area (Å²) in [5.74, 6) is -0.390. The Morgan fingerprint density at radius 1 is 1.00 bits per heavy atom. The number of morpholine rings is 1. The zero-order chi connectivity index (χ0) is 28.1. The fourth-order valence-electron chi connectivity index (χ4n) is 5.60. The summed E-state index contributed by atoms with van der Waals surface area (Å²) in [6.07, 6.45) is 7.48. The maximum atomic E-state index is 13.8. The Balaban J connectivity index is 1.29. The van der Waals surface area contributed by atoms with E-state index in [1.807, 2.05) is 61.6 Å². The van der Waals surface area contributed by atoms with Crippen molar-refractivity contribution in [1.82, 2.24) is 14.7 Å². The van der Waals surface area contributed by atoms with E-state index in [-0.39, 0.29) is 11.8 Å². The van der Waals surface area contributed by atoms with Gasteiger partial charge in [0, 0.05) is 62.8 Å². The lowest BCUT2D eigenvalue weighted by molar-refractivity contribution is -0.128. The molecule has 2 atom stereocenters. The van der Waals surface area contributed by atoms with Crippen LogP contribution in [0, 0.1) is 6.92 Å². The molecule has 9 heteroatoms. The van der Waals surface area contributed by atoms with Crippen LogP contribution in [0.2, 0.25) is 0 Å². The summed E-state index contributed by atoms with van der Waals surface area (Å²) in [5.41, 5.74) is 9.38. The predicted octanol–water partition coefficient (Wildman–Crippen LogP) is 2.46. The number of anilines is 2. The molecule has 2 amide bonds. The molecule has 5 rings (SSSR count). The summed E-state index contributed by atoms with van der Waals surface area (Å²) in [7, 11) is 2.15. The first kappa shape index (κ1) is 28.2. The summed E-state index contributed by atoms with van der Waals surface area (Å²) in [6.45, 7) is 9.25. The molecule has 0 aromatic heterocycles. The number of likely N-dealkylation sites (N-methyl/N-ethyl adjacent to an activating group) is 1. The fourth-order valence-corrected chi connectivity index (χ4v) is 5.60. The highest BCUT2D eigenvalue weighted by atomic mass is 16.5. The molecule has 40 heavy (non-hydrogen) atoms. The molecule has 0 saturated carbocycles. The second-order valence-corrected chi connectivity index (χ2v) is 10.9. The molecule has 0 bridgehead atoms. The highest BCUT2D eigenvalue weighted by Crippen LogP contribution is 2.29. The number of hydrogen-bond donors (Lipinski definition) is 3. The number of nitrogens with one attached hydrogen (secondary N) is 2. The predicted molar refractivity (Wildman–Crippen MR) is 158 cm³/mol. The van der Waals surface area contributed by atoms with Gasteiger partial charge >= 0.3 is 0 Å². The second-order valence-electron chi connectivity index (χ2n) is 10.9. The first-order valence-electron chi connectivity index (χ1n) is 14.0. The van der Waals surface area contributed by atoms with Gasteiger partial charge in [0.1, 0.15) is 5.54 Å². The van der Waals surface area contributed by atoms with Crippen LogP contribution in [0.5, 0.6) is 0 Å². The molecule has 2 aromatic rings. The van der Waals surface area contributed by atoms with Gasteiger partial charge in [-0.2, -0.15) is 0 Å². The number of aryl methyl sites for hydroxylation is 1. The van der Waals surface area contributed by atoms with Crippen molar-refractivity contribution < 1.29 is 14.3 Å². The number of ether oxygens (including phenoxy) is 1. The standard InChI is InChI=1S/C31H40N6O3/c1-23-9-10-26(33-30(39)31(11-4-3-8-28(31)32)37-16-18-40-19-17-37)21-27(23)34-29(38)25-7-5-6-24(20-25)22-36-14-12-35(2)13-15-36/h3-11,20-21,28H,12-19,22,32H2,1-2H3,(H,33,39)(H,34,38). The van der Waals surface area contributed by atoms with Gasteiger partial charge in [0.25, 0.3) is 11.8 Å². The molecule has 4 N–H and O–H groups in total. The molecule has 0 spiro atoms. The van der Waals surface area contributed by atoms with E-state index in [4.69, 9.17) is 10.5 Å². The van der Waals surface area contributed by atoms with Gasteiger partial charge < -0.3 is 26.0 Å². The molecule has 9 nitrogen and oxygen atoms in total. The van der Waals surface area contributed by atoms with Crippen LogP contribution in [0.25, 0.3) is 0 Å². The largest absolute Gasteiger partial charge is 0.379 e. The Kier molecular flexibility index (Phi) is 8.78. The van der Waals surface area contributed by atoms with Gasteiger partial charge in [-0.3, -0.25) is 19.4 Å². The summed E-state index contributed by atoms with van der Waals surface area (Å²) < 4.78 is 5.52. The lowest BCUT2D eigenvalue weighted by Gasteiger charge is -2.45. The fraction of sp³-hybridized carbons (Fsp3) is 0.419. The highest BCUT2D eigenvalue weighted by molar-refractivity contribution is 6.06. The van der Waals surface area contributed by atoms with E-state index in [1.165, 1.54) is 0 Å². The minimum absolute atomic E-state index is 0.182. The molecule has 2 heterocycles. The monoisotopic (exact) mass is 544 g/mol. The van der Waals surface area contributed by atoms with Crippen LogP contribution >= 0.6 is 0 Å². The number of amides is 2. The van der Waals surface area contributed by atoms with Gasteiger partial charge in [-0.1, -0.05) is 42.5 Å². The zero-order valence-electron chi connectivity index (χ0n) is 23.4. The molecule has 2 fully saturated rings. The number of rotatable bonds is 7. The number of piperazine rings is 1. The number of nitrogens with zero attached hydrogens (tertiary/aromatic N) is 3. The number of hydrogen-bond acceptors (Lipinski definition) is 7. The third kappa shape index (κ3) is 6.19. The van der Waals surface area contributed by atoms with E-state index in [2.05, 4.69) is 38.4 Å². The molecule has 1 aliphatic carbocycles. The lowest BCUT2D eigenvalue weighted by atomic mass is 9.83. The average molecular weight is 545 g/mol. The molecule has 0 radical (unpaired) electrons. The van der Waals surface area contributed by atoms with Gasteiger partial charge in [0.15, 0.2) is 0 Å². The molecule has 2 unspecified atom stereocenters. The molecule has 212 valence electrons. The molecular formula is C31H40N6O3. The zero-order valence-corrected chi connectivity index (χ0v) is 23.4. The Hall–Kier alpha value is -3.34. The molecule has 2 saturated heterocycles. The number of benzene rings is 2. The van der Waals surface area contributed by atoms with Crippen LogP contribution in [0.15, 0.2) is 66.8 Å². The van der Waals surface area contributed by atoms with Crippen LogP contribution in [0.4, 0.5) is 11.4 Å². The number of carbonyl (C=O) groups excluding carboxylic acids is 2. The topological polar surface area (TPSA) is 103 Å². The van der Waals surface area contributed by atoms with E-state index in [9.17, 15) is 9.59 Å². The second kappa shape index (κ2) is 12.4. The van der Waals surface area contributed by atoms with Crippen molar-refractivity contribution in [3.8, 4) is 0 Å². The van der Waals surface area contributed by atoms with Gasteiger partial charge in [0.2, 0.25) is 0 Å². The van der Waals surface area contributed by atoms with Crippen molar-refractivity contribution in [3.63, 3.8) is 0 Å². The summed E-state index contributed by atoms with van der Waals surface area (Å²) in [4.78, 5) is 33.9. The minimum atomic E-state index is -1.02. The number of carbonyl (C=O) groups is 2. The Morgan fingerprint density at radius 3 is 2.52 bits per heavy atom. The lowest BCUT2D eigenvalue weighted by Crippen LogP contribution is -2.67. The normalized spacial score (nSPS) is 24.1. The van der Waals surface area contributed by atoms with Crippen molar-refractivity contribution in [3.05, 3.63) is 83.5 Å². The number of nitrogens with two attached hydrogens (primary N) is 1. The Labute approximate surface area is 236 Å². The van der Waals surface area contributed by atoms with Crippen molar-refractivity contribution in [2.24, 2.45) is 5.73 Å². The van der Waals surface area contributed by atoms with E-state index in [0.717, 1.165) is 43.9 Å². The highest BCUT2D eigenvalue weighted by Gasteiger charge is 2.47. The molecule has 3 aliphatic rings. The summed E-state index contributed by atoms with van der Waals surface area (Å²) in [5, 5.41) is 6.12. The van der Waals surface area contributed by atoms with Crippen molar-refractivity contribution >= 4 is 23.2 Å². The molecule has 2 aliphatic heterocycles. The quantitative estimate of drug-likeness (QED) is 0.492. The first-order chi connectivity index (χ1) is 19.3. The smallest absolute Gasteiger partial charge is 0.255 e. The van der Waals surface area contributed by atoms with Crippen LogP contribution in [-0.2, 0) is 16.1 Å². The summed E-state index contributed by atoms with van der Waals surface area (Å²) in [6, 6.07) is 12.8. The maximum Gasteiger partial charge on any atom is 0.255 e. The molecular weight excluding hydrogens is 504 g/mol. The SMILES string of the molecule is Cc1ccc(NC(=O)C2(N3CCOCC3)C=CC=CC2N)cc1NC(=O)c1cccc(CN2CCN(C)CC2)c1. The van der Waals surface area contributed by atoms with Crippen LogP contribution < -0.4 is 16.4 Å². The van der Waals surface area contributed by atoms with Gasteiger partial charge in [-0.15, -0.1) is 0 Å². The number of allylic oxidation sites excluding steroid dienone is 2. The van der Waals surface area contributed by atoms with Crippen molar-refractivity contribution in [2.45, 2.75) is 25.0 Å². The van der Waals surface area contributed by atoms with Crippen LogP contribution in [-0.4, -0.2) is 97.6 Å². The summed E-state index contributed by atoms with van der Waals surface area (Å²) >= 11 is 0. The Bertz CT molecular complexity index is 1280. The first-order valence-corrected chi connectivity index (χ1v) is 14.0. The van der Waals surface area contributed by atoms with Gasteiger partial charge in [-0.25, -0.2) is 0 Å². The van der Waals surface area contributed by atoms with Gasteiger partial charge in [0.05, 0.1) is 19.3 Å². The van der Waals surface area contributed by atoms with Gasteiger partial charge in [-0.05, 0) is 49.4 Å². The van der Waals surface area contributed by atoms with Crippen molar-refractivity contribution in [2.75, 3.05) is 70.2 Å². The third-order valence-electron chi connectivity index (χ3n) is 8.12. The van der Waals surface area contributed by atoms with E-state index in [0.29, 0.717) is 43.2 Å². The molecule has 2 aromatic carbocycles. The van der Waals surface area contributed by atoms with E-state index in [1.54, 1.807) is 6.07 Å². The Morgan fingerprint density at radius 2 is 1.77 bits per heavy atom.